The summed E-state index contributed by atoms with van der Waals surface area (Å²) >= 11 is 7.07. The summed E-state index contributed by atoms with van der Waals surface area (Å²) in [5.41, 5.74) is 2.05. The molecule has 3 aromatic carbocycles. The number of nitrogens with one attached hydrogen (secondary N) is 1. The van der Waals surface area contributed by atoms with Crippen molar-refractivity contribution in [3.05, 3.63) is 80.4 Å². The molecule has 7 heteroatoms. The first-order chi connectivity index (χ1) is 13.9. The van der Waals surface area contributed by atoms with E-state index in [1.807, 2.05) is 30.3 Å². The summed E-state index contributed by atoms with van der Waals surface area (Å²) in [4.78, 5) is 24.7. The Hall–Kier alpha value is -2.64. The van der Waals surface area contributed by atoms with Crippen LogP contribution in [0.15, 0.2) is 69.2 Å². The number of hydrogen-bond acceptors (Lipinski definition) is 3. The molecule has 1 N–H and O–H groups in total. The molecular formula is C22H16Br2N2O3. The number of rotatable bonds is 4. The van der Waals surface area contributed by atoms with Crippen LogP contribution in [0.5, 0.6) is 5.75 Å². The summed E-state index contributed by atoms with van der Waals surface area (Å²) in [5, 5.41) is 4.91. The van der Waals surface area contributed by atoms with Gasteiger partial charge in [0.15, 0.2) is 0 Å². The largest absolute Gasteiger partial charge is 0.487 e. The summed E-state index contributed by atoms with van der Waals surface area (Å²) < 4.78 is 7.50. The van der Waals surface area contributed by atoms with Crippen molar-refractivity contribution in [1.82, 2.24) is 10.2 Å². The maximum atomic E-state index is 12.0. The zero-order valence-electron chi connectivity index (χ0n) is 15.4. The van der Waals surface area contributed by atoms with Crippen LogP contribution >= 0.6 is 31.9 Å². The molecule has 1 saturated heterocycles. The van der Waals surface area contributed by atoms with Crippen LogP contribution in [0, 0.1) is 0 Å². The molecule has 0 atom stereocenters. The smallest absolute Gasteiger partial charge is 0.328 e. The van der Waals surface area contributed by atoms with Gasteiger partial charge in [-0.2, -0.15) is 0 Å². The minimum Gasteiger partial charge on any atom is -0.487 e. The number of halogens is 2. The molecule has 0 radical (unpaired) electrons. The molecule has 0 unspecified atom stereocenters. The number of carbonyl (C=O) groups is 2. The molecule has 0 spiro atoms. The van der Waals surface area contributed by atoms with Gasteiger partial charge in [-0.3, -0.25) is 9.69 Å². The summed E-state index contributed by atoms with van der Waals surface area (Å²) in [6.45, 7) is 0.418. The van der Waals surface area contributed by atoms with E-state index in [-0.39, 0.29) is 11.6 Å². The molecule has 0 aliphatic carbocycles. The second-order valence-electron chi connectivity index (χ2n) is 6.64. The molecule has 1 heterocycles. The summed E-state index contributed by atoms with van der Waals surface area (Å²) in [6.07, 6.45) is 1.63. The van der Waals surface area contributed by atoms with E-state index in [1.54, 1.807) is 6.08 Å². The minimum atomic E-state index is -0.435. The quantitative estimate of drug-likeness (QED) is 0.370. The van der Waals surface area contributed by atoms with Crippen molar-refractivity contribution in [3.8, 4) is 5.75 Å². The van der Waals surface area contributed by atoms with Crippen LogP contribution < -0.4 is 10.1 Å². The van der Waals surface area contributed by atoms with Gasteiger partial charge in [-0.15, -0.1) is 0 Å². The van der Waals surface area contributed by atoms with Gasteiger partial charge < -0.3 is 10.1 Å². The highest BCUT2D eigenvalue weighted by atomic mass is 79.9. The molecule has 3 amide bonds. The average Bonchev–Trinajstić information content (AvgIpc) is 2.94. The number of urea groups is 1. The third kappa shape index (κ3) is 4.06. The van der Waals surface area contributed by atoms with Gasteiger partial charge in [0.25, 0.3) is 5.91 Å². The number of carbonyl (C=O) groups excluding carboxylic acids is 2. The van der Waals surface area contributed by atoms with Crippen molar-refractivity contribution < 1.29 is 14.3 Å². The van der Waals surface area contributed by atoms with Crippen LogP contribution in [0.25, 0.3) is 16.8 Å². The van der Waals surface area contributed by atoms with Gasteiger partial charge in [-0.25, -0.2) is 4.79 Å². The second-order valence-corrected chi connectivity index (χ2v) is 8.34. The fourth-order valence-electron chi connectivity index (χ4n) is 3.07. The highest BCUT2D eigenvalue weighted by Crippen LogP contribution is 2.36. The van der Waals surface area contributed by atoms with Gasteiger partial charge in [-0.05, 0) is 78.0 Å². The van der Waals surface area contributed by atoms with E-state index < -0.39 is 6.03 Å². The normalized spacial score (nSPS) is 15.3. The molecule has 0 aromatic heterocycles. The standard InChI is InChI=1S/C22H16Br2N2O3/c1-26-21(27)19(25-22(26)28)11-14-9-17(23)20(18(24)10-14)29-12-13-6-7-15-4-2-3-5-16(15)8-13/h2-11H,12H2,1H3,(H,25,28)/b19-11+. The lowest BCUT2D eigenvalue weighted by atomic mass is 10.1. The number of fused-ring (bicyclic) bond motifs is 1. The lowest BCUT2D eigenvalue weighted by Crippen LogP contribution is -2.25. The first-order valence-electron chi connectivity index (χ1n) is 8.82. The Balaban J connectivity index is 1.54. The van der Waals surface area contributed by atoms with Crippen LogP contribution in [0.1, 0.15) is 11.1 Å². The van der Waals surface area contributed by atoms with Crippen LogP contribution in [0.2, 0.25) is 0 Å². The monoisotopic (exact) mass is 514 g/mol. The fourth-order valence-corrected chi connectivity index (χ4v) is 4.53. The van der Waals surface area contributed by atoms with Crippen molar-refractivity contribution in [2.24, 2.45) is 0 Å². The Bertz CT molecular complexity index is 1150. The number of likely N-dealkylation sites (N-methyl/N-ethyl adjacent to an activating group) is 1. The molecular weight excluding hydrogens is 500 g/mol. The number of hydrogen-bond donors (Lipinski definition) is 1. The SMILES string of the molecule is CN1C(=O)N/C(=C/c2cc(Br)c(OCc3ccc4ccccc4c3)c(Br)c2)C1=O. The fraction of sp³-hybridized carbons (Fsp3) is 0.0909. The third-order valence-corrected chi connectivity index (χ3v) is 5.79. The van der Waals surface area contributed by atoms with Crippen LogP contribution in [-0.2, 0) is 11.4 Å². The Kier molecular flexibility index (Phi) is 5.43. The van der Waals surface area contributed by atoms with E-state index in [9.17, 15) is 9.59 Å². The highest BCUT2D eigenvalue weighted by Gasteiger charge is 2.30. The van der Waals surface area contributed by atoms with Crippen LogP contribution in [0.3, 0.4) is 0 Å². The van der Waals surface area contributed by atoms with Crippen molar-refractivity contribution >= 4 is 60.6 Å². The number of amides is 3. The Labute approximate surface area is 184 Å². The molecule has 1 aliphatic heterocycles. The van der Waals surface area contributed by atoms with Gasteiger partial charge >= 0.3 is 6.03 Å². The Morgan fingerprint density at radius 2 is 1.69 bits per heavy atom. The summed E-state index contributed by atoms with van der Waals surface area (Å²) in [7, 11) is 1.44. The summed E-state index contributed by atoms with van der Waals surface area (Å²) in [6, 6.07) is 17.7. The zero-order valence-corrected chi connectivity index (χ0v) is 18.6. The first kappa shape index (κ1) is 19.7. The van der Waals surface area contributed by atoms with Crippen LogP contribution in [-0.4, -0.2) is 23.9 Å². The first-order valence-corrected chi connectivity index (χ1v) is 10.4. The molecule has 3 aromatic rings. The molecule has 1 aliphatic rings. The maximum absolute atomic E-state index is 12.0. The Morgan fingerprint density at radius 1 is 1.00 bits per heavy atom. The predicted octanol–water partition coefficient (Wildman–Crippen LogP) is 5.47. The van der Waals surface area contributed by atoms with E-state index >= 15 is 0 Å². The van der Waals surface area contributed by atoms with Gasteiger partial charge in [0.2, 0.25) is 0 Å². The second kappa shape index (κ2) is 8.00. The van der Waals surface area contributed by atoms with Gasteiger partial charge in [-0.1, -0.05) is 36.4 Å². The van der Waals surface area contributed by atoms with Crippen molar-refractivity contribution in [3.63, 3.8) is 0 Å². The molecule has 4 rings (SSSR count). The van der Waals surface area contributed by atoms with Gasteiger partial charge in [0.05, 0.1) is 8.95 Å². The summed E-state index contributed by atoms with van der Waals surface area (Å²) in [5.74, 6) is 0.304. The highest BCUT2D eigenvalue weighted by molar-refractivity contribution is 9.11. The lowest BCUT2D eigenvalue weighted by Gasteiger charge is -2.12. The van der Waals surface area contributed by atoms with Crippen LogP contribution in [0.4, 0.5) is 4.79 Å². The third-order valence-electron chi connectivity index (χ3n) is 4.61. The van der Waals surface area contributed by atoms with Crippen molar-refractivity contribution in [1.29, 1.82) is 0 Å². The predicted molar refractivity (Wildman–Crippen MR) is 119 cm³/mol. The minimum absolute atomic E-state index is 0.237. The van der Waals surface area contributed by atoms with E-state index in [4.69, 9.17) is 4.74 Å². The average molecular weight is 516 g/mol. The molecule has 146 valence electrons. The van der Waals surface area contributed by atoms with Gasteiger partial charge in [0, 0.05) is 7.05 Å². The molecule has 1 fully saturated rings. The molecule has 5 nitrogen and oxygen atoms in total. The van der Waals surface area contributed by atoms with E-state index in [0.29, 0.717) is 12.4 Å². The zero-order chi connectivity index (χ0) is 20.5. The van der Waals surface area contributed by atoms with E-state index in [0.717, 1.165) is 25.0 Å². The number of imide groups is 1. The lowest BCUT2D eigenvalue weighted by molar-refractivity contribution is -0.121. The molecule has 0 saturated carbocycles. The van der Waals surface area contributed by atoms with E-state index in [1.165, 1.54) is 17.8 Å². The maximum Gasteiger partial charge on any atom is 0.328 e. The molecule has 0 bridgehead atoms. The van der Waals surface area contributed by atoms with Crippen molar-refractivity contribution in [2.45, 2.75) is 6.61 Å². The molecule has 29 heavy (non-hydrogen) atoms. The topological polar surface area (TPSA) is 58.6 Å². The van der Waals surface area contributed by atoms with Crippen molar-refractivity contribution in [2.75, 3.05) is 7.05 Å². The van der Waals surface area contributed by atoms with Gasteiger partial charge in [0.1, 0.15) is 18.1 Å². The number of nitrogens with zero attached hydrogens (tertiary/aromatic N) is 1. The van der Waals surface area contributed by atoms with E-state index in [2.05, 4.69) is 61.4 Å². The number of ether oxygens (including phenoxy) is 1. The Morgan fingerprint density at radius 3 is 2.34 bits per heavy atom. The number of benzene rings is 3.